The second kappa shape index (κ2) is 6.51. The maximum absolute atomic E-state index is 13.4. The molecule has 0 bridgehead atoms. The van der Waals surface area contributed by atoms with Gasteiger partial charge in [0.15, 0.2) is 23.3 Å². The molecule has 116 valence electrons. The van der Waals surface area contributed by atoms with E-state index in [1.807, 2.05) is 0 Å². The zero-order chi connectivity index (χ0) is 16.3. The summed E-state index contributed by atoms with van der Waals surface area (Å²) in [6.07, 6.45) is 0.241. The molecule has 1 atom stereocenters. The molecule has 0 aliphatic rings. The Balaban J connectivity index is 3.22. The van der Waals surface area contributed by atoms with E-state index in [4.69, 9.17) is 5.11 Å². The van der Waals surface area contributed by atoms with E-state index in [2.05, 4.69) is 0 Å². The molecule has 0 fully saturated rings. The highest BCUT2D eigenvalue weighted by Crippen LogP contribution is 2.23. The van der Waals surface area contributed by atoms with Crippen molar-refractivity contribution in [1.82, 2.24) is 5.32 Å². The molecule has 0 aromatic heterocycles. The summed E-state index contributed by atoms with van der Waals surface area (Å²) < 4.78 is 65.4. The summed E-state index contributed by atoms with van der Waals surface area (Å²) in [6.45, 7) is 1.58. The summed E-state index contributed by atoms with van der Waals surface area (Å²) in [5.74, 6) is -14.8. The standard InChI is InChI=1S/C12H10F5NO3/c1-2-3-4(12(20)21)18-11(19)5-6(13)8(15)10(17)9(16)7(5)14/h4H,2-3H2,1H3,(H,18,19)(H,20,21)/t4-/m0/s1. The molecular weight excluding hydrogens is 301 g/mol. The minimum atomic E-state index is -2.40. The molecule has 0 saturated heterocycles. The van der Waals surface area contributed by atoms with Gasteiger partial charge in [-0.05, 0) is 6.42 Å². The van der Waals surface area contributed by atoms with Crippen LogP contribution in [-0.4, -0.2) is 23.0 Å². The number of aliphatic carboxylic acids is 1. The van der Waals surface area contributed by atoms with Gasteiger partial charge in [0.05, 0.1) is 0 Å². The van der Waals surface area contributed by atoms with E-state index in [9.17, 15) is 31.5 Å². The maximum Gasteiger partial charge on any atom is 0.326 e. The van der Waals surface area contributed by atoms with Crippen molar-refractivity contribution in [3.8, 4) is 0 Å². The number of hydrogen-bond donors (Lipinski definition) is 2. The van der Waals surface area contributed by atoms with Crippen molar-refractivity contribution in [2.24, 2.45) is 0 Å². The van der Waals surface area contributed by atoms with E-state index >= 15 is 0 Å². The molecule has 21 heavy (non-hydrogen) atoms. The molecule has 0 spiro atoms. The lowest BCUT2D eigenvalue weighted by Crippen LogP contribution is -2.41. The molecular formula is C12H10F5NO3. The highest BCUT2D eigenvalue weighted by molar-refractivity contribution is 5.97. The Kier molecular flexibility index (Phi) is 5.23. The molecule has 1 amide bonds. The molecule has 4 nitrogen and oxygen atoms in total. The topological polar surface area (TPSA) is 66.4 Å². The highest BCUT2D eigenvalue weighted by Gasteiger charge is 2.31. The molecule has 0 aliphatic carbocycles. The molecule has 9 heteroatoms. The number of carboxylic acid groups (broad SMARTS) is 1. The zero-order valence-corrected chi connectivity index (χ0v) is 10.6. The van der Waals surface area contributed by atoms with Gasteiger partial charge >= 0.3 is 5.97 Å². The summed E-state index contributed by atoms with van der Waals surface area (Å²) in [6, 6.07) is -1.50. The Morgan fingerprint density at radius 3 is 1.81 bits per heavy atom. The molecule has 1 aromatic carbocycles. The Bertz CT molecular complexity index is 562. The minimum Gasteiger partial charge on any atom is -0.480 e. The monoisotopic (exact) mass is 311 g/mol. The van der Waals surface area contributed by atoms with E-state index < -0.39 is 52.6 Å². The number of nitrogens with one attached hydrogen (secondary N) is 1. The first-order valence-electron chi connectivity index (χ1n) is 5.77. The van der Waals surface area contributed by atoms with Crippen molar-refractivity contribution in [2.75, 3.05) is 0 Å². The van der Waals surface area contributed by atoms with Gasteiger partial charge < -0.3 is 10.4 Å². The fourth-order valence-electron chi connectivity index (χ4n) is 1.58. The van der Waals surface area contributed by atoms with E-state index in [0.717, 1.165) is 0 Å². The lowest BCUT2D eigenvalue weighted by molar-refractivity contribution is -0.139. The molecule has 0 radical (unpaired) electrons. The Labute approximate surface area is 115 Å². The average molecular weight is 311 g/mol. The van der Waals surface area contributed by atoms with Crippen LogP contribution in [0.3, 0.4) is 0 Å². The summed E-state index contributed by atoms with van der Waals surface area (Å²) in [4.78, 5) is 22.4. The van der Waals surface area contributed by atoms with Crippen LogP contribution in [0.5, 0.6) is 0 Å². The number of amides is 1. The fraction of sp³-hybridized carbons (Fsp3) is 0.333. The summed E-state index contributed by atoms with van der Waals surface area (Å²) in [7, 11) is 0. The van der Waals surface area contributed by atoms with E-state index in [1.54, 1.807) is 12.2 Å². The Morgan fingerprint density at radius 1 is 1.00 bits per heavy atom. The molecule has 1 aromatic rings. The Morgan fingerprint density at radius 2 is 1.43 bits per heavy atom. The number of carbonyl (C=O) groups excluding carboxylic acids is 1. The van der Waals surface area contributed by atoms with E-state index in [0.29, 0.717) is 6.42 Å². The normalized spacial score (nSPS) is 12.1. The van der Waals surface area contributed by atoms with Crippen molar-refractivity contribution in [2.45, 2.75) is 25.8 Å². The number of hydrogen-bond acceptors (Lipinski definition) is 2. The number of halogens is 5. The summed E-state index contributed by atoms with van der Waals surface area (Å²) in [5, 5.41) is 10.5. The van der Waals surface area contributed by atoms with Crippen LogP contribution in [0.2, 0.25) is 0 Å². The summed E-state index contributed by atoms with van der Waals surface area (Å²) >= 11 is 0. The smallest absolute Gasteiger partial charge is 0.326 e. The highest BCUT2D eigenvalue weighted by atomic mass is 19.2. The fourth-order valence-corrected chi connectivity index (χ4v) is 1.58. The van der Waals surface area contributed by atoms with Gasteiger partial charge in [-0.15, -0.1) is 0 Å². The van der Waals surface area contributed by atoms with Gasteiger partial charge in [-0.2, -0.15) is 0 Å². The van der Waals surface area contributed by atoms with Gasteiger partial charge in [-0.3, -0.25) is 4.79 Å². The number of benzene rings is 1. The third-order valence-corrected chi connectivity index (χ3v) is 2.62. The van der Waals surface area contributed by atoms with Crippen LogP contribution in [0.4, 0.5) is 22.0 Å². The zero-order valence-electron chi connectivity index (χ0n) is 10.6. The molecule has 0 aliphatic heterocycles. The molecule has 2 N–H and O–H groups in total. The largest absolute Gasteiger partial charge is 0.480 e. The van der Waals surface area contributed by atoms with Crippen molar-refractivity contribution in [3.05, 3.63) is 34.6 Å². The van der Waals surface area contributed by atoms with Crippen molar-refractivity contribution < 1.29 is 36.6 Å². The quantitative estimate of drug-likeness (QED) is 0.498. The van der Waals surface area contributed by atoms with Gasteiger partial charge in [0, 0.05) is 0 Å². The van der Waals surface area contributed by atoms with Crippen LogP contribution in [0.1, 0.15) is 30.1 Å². The first-order valence-corrected chi connectivity index (χ1v) is 5.77. The number of rotatable bonds is 5. The predicted molar refractivity (Wildman–Crippen MR) is 60.0 cm³/mol. The Hall–Kier alpha value is -2.19. The van der Waals surface area contributed by atoms with Gasteiger partial charge in [-0.1, -0.05) is 13.3 Å². The lowest BCUT2D eigenvalue weighted by atomic mass is 10.1. The first kappa shape index (κ1) is 16.9. The van der Waals surface area contributed by atoms with Crippen molar-refractivity contribution >= 4 is 11.9 Å². The van der Waals surface area contributed by atoms with Gasteiger partial charge in [0.2, 0.25) is 5.82 Å². The van der Waals surface area contributed by atoms with Gasteiger partial charge in [-0.25, -0.2) is 26.7 Å². The van der Waals surface area contributed by atoms with Crippen LogP contribution < -0.4 is 5.32 Å². The predicted octanol–water partition coefficient (Wildman–Crippen LogP) is 2.37. The first-order chi connectivity index (χ1) is 9.72. The van der Waals surface area contributed by atoms with Crippen LogP contribution in [0.15, 0.2) is 0 Å². The molecule has 1 rings (SSSR count). The van der Waals surface area contributed by atoms with Crippen LogP contribution in [0, 0.1) is 29.1 Å². The van der Waals surface area contributed by atoms with E-state index in [1.165, 1.54) is 0 Å². The maximum atomic E-state index is 13.4. The number of carbonyl (C=O) groups is 2. The lowest BCUT2D eigenvalue weighted by Gasteiger charge is -2.14. The van der Waals surface area contributed by atoms with Gasteiger partial charge in [0.25, 0.3) is 5.91 Å². The number of carboxylic acids is 1. The summed E-state index contributed by atoms with van der Waals surface area (Å²) in [5.41, 5.74) is -1.71. The van der Waals surface area contributed by atoms with Crippen LogP contribution in [0.25, 0.3) is 0 Å². The second-order valence-electron chi connectivity index (χ2n) is 4.10. The minimum absolute atomic E-state index is 0.0729. The third-order valence-electron chi connectivity index (χ3n) is 2.62. The average Bonchev–Trinajstić information content (AvgIpc) is 2.42. The van der Waals surface area contributed by atoms with Crippen molar-refractivity contribution in [3.63, 3.8) is 0 Å². The SMILES string of the molecule is CCC[C@H](NC(=O)c1c(F)c(F)c(F)c(F)c1F)C(=O)O. The third kappa shape index (κ3) is 3.29. The van der Waals surface area contributed by atoms with Crippen molar-refractivity contribution in [1.29, 1.82) is 0 Å². The van der Waals surface area contributed by atoms with Gasteiger partial charge in [0.1, 0.15) is 11.6 Å². The van der Waals surface area contributed by atoms with Crippen LogP contribution >= 0.6 is 0 Å². The van der Waals surface area contributed by atoms with Crippen LogP contribution in [-0.2, 0) is 4.79 Å². The molecule has 0 heterocycles. The second-order valence-corrected chi connectivity index (χ2v) is 4.10. The van der Waals surface area contributed by atoms with E-state index in [-0.39, 0.29) is 6.42 Å². The molecule has 0 saturated carbocycles. The molecule has 0 unspecified atom stereocenters.